The van der Waals surface area contributed by atoms with Gasteiger partial charge in [-0.1, -0.05) is 13.8 Å². The molecule has 0 spiro atoms. The third-order valence-electron chi connectivity index (χ3n) is 2.91. The zero-order valence-electron chi connectivity index (χ0n) is 10.6. The molecule has 1 aromatic heterocycles. The van der Waals surface area contributed by atoms with Gasteiger partial charge in [0.1, 0.15) is 0 Å². The maximum absolute atomic E-state index is 6.07. The Balaban J connectivity index is 2.34. The van der Waals surface area contributed by atoms with E-state index in [0.717, 1.165) is 18.1 Å². The molecule has 0 atom stereocenters. The average Bonchev–Trinajstić information content (AvgIpc) is 3.03. The third-order valence-corrected chi connectivity index (χ3v) is 3.08. The van der Waals surface area contributed by atoms with Crippen LogP contribution in [0.25, 0.3) is 0 Å². The maximum atomic E-state index is 6.07. The molecule has 1 fully saturated rings. The van der Waals surface area contributed by atoms with Crippen molar-refractivity contribution in [3.05, 3.63) is 11.0 Å². The molecule has 5 heteroatoms. The fraction of sp³-hybridized carbons (Fsp3) is 0.667. The molecule has 0 radical (unpaired) electrons. The van der Waals surface area contributed by atoms with Gasteiger partial charge in [-0.05, 0) is 37.3 Å². The molecule has 1 aliphatic rings. The Hall–Kier alpha value is -1.03. The molecule has 0 aliphatic heterocycles. The van der Waals surface area contributed by atoms with Gasteiger partial charge in [-0.25, -0.2) is 4.98 Å². The standard InChI is InChI=1S/C12H19ClN4/c1-7(2)6-17(9-4-5-9)11-10(14)8(3)15-12(13)16-11/h7,9H,4-6,14H2,1-3H3. The molecule has 4 nitrogen and oxygen atoms in total. The normalized spacial score (nSPS) is 15.4. The van der Waals surface area contributed by atoms with Gasteiger partial charge in [0.25, 0.3) is 0 Å². The molecule has 0 bridgehead atoms. The number of hydrogen-bond acceptors (Lipinski definition) is 4. The first-order valence-electron chi connectivity index (χ1n) is 6.05. The van der Waals surface area contributed by atoms with Crippen LogP contribution in [0.5, 0.6) is 0 Å². The summed E-state index contributed by atoms with van der Waals surface area (Å²) < 4.78 is 0. The molecule has 94 valence electrons. The fourth-order valence-corrected chi connectivity index (χ4v) is 2.15. The van der Waals surface area contributed by atoms with Crippen molar-refractivity contribution >= 4 is 23.1 Å². The van der Waals surface area contributed by atoms with Crippen molar-refractivity contribution in [2.75, 3.05) is 17.2 Å². The minimum atomic E-state index is 0.279. The molecule has 0 aromatic carbocycles. The van der Waals surface area contributed by atoms with Crippen LogP contribution < -0.4 is 10.6 Å². The Kier molecular flexibility index (Phi) is 3.43. The summed E-state index contributed by atoms with van der Waals surface area (Å²) in [6.07, 6.45) is 2.43. The molecular weight excluding hydrogens is 236 g/mol. The van der Waals surface area contributed by atoms with E-state index in [1.807, 2.05) is 6.92 Å². The number of halogens is 1. The van der Waals surface area contributed by atoms with Crippen LogP contribution in [0.2, 0.25) is 5.28 Å². The molecule has 1 aromatic rings. The molecular formula is C12H19ClN4. The predicted octanol–water partition coefficient (Wildman–Crippen LogP) is 2.65. The van der Waals surface area contributed by atoms with Crippen LogP contribution in [0, 0.1) is 12.8 Å². The summed E-state index contributed by atoms with van der Waals surface area (Å²) in [5.41, 5.74) is 7.48. The molecule has 0 saturated heterocycles. The molecule has 0 unspecified atom stereocenters. The van der Waals surface area contributed by atoms with E-state index in [1.54, 1.807) is 0 Å². The number of nitrogens with two attached hydrogens (primary N) is 1. The Morgan fingerprint density at radius 3 is 2.59 bits per heavy atom. The second-order valence-corrected chi connectivity index (χ2v) is 5.43. The van der Waals surface area contributed by atoms with E-state index in [0.29, 0.717) is 17.6 Å². The maximum Gasteiger partial charge on any atom is 0.224 e. The van der Waals surface area contributed by atoms with Crippen LogP contribution in [0.4, 0.5) is 11.5 Å². The van der Waals surface area contributed by atoms with Gasteiger partial charge in [0, 0.05) is 12.6 Å². The van der Waals surface area contributed by atoms with Gasteiger partial charge in [-0.15, -0.1) is 0 Å². The summed E-state index contributed by atoms with van der Waals surface area (Å²) in [7, 11) is 0. The van der Waals surface area contributed by atoms with Gasteiger partial charge in [-0.2, -0.15) is 4.98 Å². The summed E-state index contributed by atoms with van der Waals surface area (Å²) in [6, 6.07) is 0.574. The van der Waals surface area contributed by atoms with Gasteiger partial charge in [0.2, 0.25) is 5.28 Å². The highest BCUT2D eigenvalue weighted by Gasteiger charge is 2.32. The van der Waals surface area contributed by atoms with Crippen molar-refractivity contribution in [2.45, 2.75) is 39.7 Å². The van der Waals surface area contributed by atoms with E-state index in [-0.39, 0.29) is 5.28 Å². The molecule has 1 saturated carbocycles. The van der Waals surface area contributed by atoms with Gasteiger partial charge in [-0.3, -0.25) is 0 Å². The smallest absolute Gasteiger partial charge is 0.224 e. The number of rotatable bonds is 4. The Morgan fingerprint density at radius 2 is 2.06 bits per heavy atom. The number of nitrogen functional groups attached to an aromatic ring is 1. The second kappa shape index (κ2) is 4.69. The Bertz CT molecular complexity index is 415. The van der Waals surface area contributed by atoms with E-state index in [2.05, 4.69) is 28.7 Å². The van der Waals surface area contributed by atoms with Crippen LogP contribution >= 0.6 is 11.6 Å². The minimum Gasteiger partial charge on any atom is -0.394 e. The monoisotopic (exact) mass is 254 g/mol. The van der Waals surface area contributed by atoms with Crippen molar-refractivity contribution in [1.82, 2.24) is 9.97 Å². The van der Waals surface area contributed by atoms with Gasteiger partial charge in [0.15, 0.2) is 5.82 Å². The fourth-order valence-electron chi connectivity index (χ4n) is 1.94. The van der Waals surface area contributed by atoms with Crippen LogP contribution in [0.15, 0.2) is 0 Å². The van der Waals surface area contributed by atoms with E-state index >= 15 is 0 Å². The first-order valence-corrected chi connectivity index (χ1v) is 6.43. The summed E-state index contributed by atoms with van der Waals surface area (Å²) in [6.45, 7) is 7.22. The van der Waals surface area contributed by atoms with Crippen molar-refractivity contribution in [3.8, 4) is 0 Å². The summed E-state index contributed by atoms with van der Waals surface area (Å²) in [5.74, 6) is 1.38. The van der Waals surface area contributed by atoms with Crippen molar-refractivity contribution in [2.24, 2.45) is 5.92 Å². The molecule has 1 aliphatic carbocycles. The number of aromatic nitrogens is 2. The number of anilines is 2. The number of aryl methyl sites for hydroxylation is 1. The SMILES string of the molecule is Cc1nc(Cl)nc(N(CC(C)C)C2CC2)c1N. The summed E-state index contributed by atoms with van der Waals surface area (Å²) in [5, 5.41) is 0.279. The first-order chi connectivity index (χ1) is 7.99. The van der Waals surface area contributed by atoms with Crippen molar-refractivity contribution < 1.29 is 0 Å². The lowest BCUT2D eigenvalue weighted by Gasteiger charge is -2.27. The minimum absolute atomic E-state index is 0.279. The van der Waals surface area contributed by atoms with E-state index in [9.17, 15) is 0 Å². The van der Waals surface area contributed by atoms with Crippen LogP contribution in [0.3, 0.4) is 0 Å². The quantitative estimate of drug-likeness (QED) is 0.840. The van der Waals surface area contributed by atoms with Crippen LogP contribution in [0.1, 0.15) is 32.4 Å². The lowest BCUT2D eigenvalue weighted by molar-refractivity contribution is 0.602. The largest absolute Gasteiger partial charge is 0.394 e. The molecule has 2 rings (SSSR count). The Labute approximate surface area is 107 Å². The lowest BCUT2D eigenvalue weighted by Crippen LogP contribution is -2.31. The van der Waals surface area contributed by atoms with Crippen molar-refractivity contribution in [1.29, 1.82) is 0 Å². The van der Waals surface area contributed by atoms with E-state index < -0.39 is 0 Å². The third kappa shape index (κ3) is 2.80. The van der Waals surface area contributed by atoms with Crippen LogP contribution in [-0.4, -0.2) is 22.6 Å². The van der Waals surface area contributed by atoms with Crippen molar-refractivity contribution in [3.63, 3.8) is 0 Å². The summed E-state index contributed by atoms with van der Waals surface area (Å²) in [4.78, 5) is 10.7. The Morgan fingerprint density at radius 1 is 1.41 bits per heavy atom. The number of hydrogen-bond donors (Lipinski definition) is 1. The lowest BCUT2D eigenvalue weighted by atomic mass is 10.2. The average molecular weight is 255 g/mol. The summed E-state index contributed by atoms with van der Waals surface area (Å²) >= 11 is 5.92. The topological polar surface area (TPSA) is 55.0 Å². The zero-order chi connectivity index (χ0) is 12.6. The number of nitrogens with zero attached hydrogens (tertiary/aromatic N) is 3. The zero-order valence-corrected chi connectivity index (χ0v) is 11.3. The van der Waals surface area contributed by atoms with Gasteiger partial charge < -0.3 is 10.6 Å². The van der Waals surface area contributed by atoms with E-state index in [4.69, 9.17) is 17.3 Å². The van der Waals surface area contributed by atoms with Gasteiger partial charge >= 0.3 is 0 Å². The van der Waals surface area contributed by atoms with E-state index in [1.165, 1.54) is 12.8 Å². The highest BCUT2D eigenvalue weighted by molar-refractivity contribution is 6.28. The highest BCUT2D eigenvalue weighted by atomic mass is 35.5. The first kappa shape index (κ1) is 12.4. The molecule has 1 heterocycles. The van der Waals surface area contributed by atoms with Crippen LogP contribution in [-0.2, 0) is 0 Å². The molecule has 2 N–H and O–H groups in total. The van der Waals surface area contributed by atoms with Gasteiger partial charge in [0.05, 0.1) is 11.4 Å². The second-order valence-electron chi connectivity index (χ2n) is 5.09. The highest BCUT2D eigenvalue weighted by Crippen LogP contribution is 2.35. The molecule has 0 amide bonds. The predicted molar refractivity (Wildman–Crippen MR) is 71.4 cm³/mol. The molecule has 17 heavy (non-hydrogen) atoms.